The highest BCUT2D eigenvalue weighted by atomic mass is 16.4. The van der Waals surface area contributed by atoms with E-state index in [1.165, 1.54) is 0 Å². The Morgan fingerprint density at radius 2 is 1.92 bits per heavy atom. The molecule has 0 aromatic heterocycles. The molecule has 0 saturated heterocycles. The molecule has 0 heterocycles. The zero-order valence-electron chi connectivity index (χ0n) is 6.99. The van der Waals surface area contributed by atoms with Gasteiger partial charge >= 0.3 is 5.97 Å². The SMILES string of the molecule is C#CCC(=O)N(CC#C)CC(=O)O. The number of hydrogen-bond acceptors (Lipinski definition) is 2. The van der Waals surface area contributed by atoms with E-state index in [0.717, 1.165) is 4.90 Å². The summed E-state index contributed by atoms with van der Waals surface area (Å²) in [5, 5.41) is 8.41. The number of carboxylic acids is 1. The predicted octanol–water partition coefficient (Wildman–Crippen LogP) is -0.444. The fourth-order valence-corrected chi connectivity index (χ4v) is 0.705. The van der Waals surface area contributed by atoms with Gasteiger partial charge in [0.1, 0.15) is 6.54 Å². The number of carboxylic acid groups (broad SMARTS) is 1. The van der Waals surface area contributed by atoms with Crippen molar-refractivity contribution in [1.29, 1.82) is 0 Å². The van der Waals surface area contributed by atoms with Gasteiger partial charge in [-0.3, -0.25) is 9.59 Å². The number of hydrogen-bond donors (Lipinski definition) is 1. The van der Waals surface area contributed by atoms with Crippen LogP contribution < -0.4 is 0 Å². The van der Waals surface area contributed by atoms with Gasteiger partial charge in [-0.25, -0.2) is 0 Å². The van der Waals surface area contributed by atoms with Gasteiger partial charge in [-0.15, -0.1) is 12.8 Å². The van der Waals surface area contributed by atoms with Crippen molar-refractivity contribution in [2.75, 3.05) is 13.1 Å². The molecule has 0 saturated carbocycles. The Balaban J connectivity index is 4.26. The minimum absolute atomic E-state index is 0.0349. The lowest BCUT2D eigenvalue weighted by molar-refractivity contribution is -0.143. The molecule has 1 N–H and O–H groups in total. The highest BCUT2D eigenvalue weighted by molar-refractivity contribution is 5.83. The Morgan fingerprint density at radius 3 is 2.31 bits per heavy atom. The molecule has 13 heavy (non-hydrogen) atoms. The summed E-state index contributed by atoms with van der Waals surface area (Å²) >= 11 is 0. The molecule has 1 amide bonds. The summed E-state index contributed by atoms with van der Waals surface area (Å²) in [7, 11) is 0. The summed E-state index contributed by atoms with van der Waals surface area (Å²) in [6.45, 7) is -0.447. The summed E-state index contributed by atoms with van der Waals surface area (Å²) < 4.78 is 0. The van der Waals surface area contributed by atoms with E-state index >= 15 is 0 Å². The molecule has 0 unspecified atom stereocenters. The second-order valence-corrected chi connectivity index (χ2v) is 2.23. The van der Waals surface area contributed by atoms with Crippen molar-refractivity contribution in [3.63, 3.8) is 0 Å². The number of rotatable bonds is 4. The van der Waals surface area contributed by atoms with E-state index in [1.54, 1.807) is 0 Å². The van der Waals surface area contributed by atoms with E-state index < -0.39 is 18.4 Å². The molecule has 68 valence electrons. The van der Waals surface area contributed by atoms with Crippen molar-refractivity contribution in [3.05, 3.63) is 0 Å². The van der Waals surface area contributed by atoms with Gasteiger partial charge in [0, 0.05) is 0 Å². The molecule has 0 fully saturated rings. The van der Waals surface area contributed by atoms with E-state index in [9.17, 15) is 9.59 Å². The zero-order chi connectivity index (χ0) is 10.3. The van der Waals surface area contributed by atoms with Crippen LogP contribution in [0.1, 0.15) is 6.42 Å². The monoisotopic (exact) mass is 179 g/mol. The second kappa shape index (κ2) is 5.68. The van der Waals surface area contributed by atoms with Crippen LogP contribution in [-0.2, 0) is 9.59 Å². The number of amides is 1. The molecule has 0 aliphatic heterocycles. The quantitative estimate of drug-likeness (QED) is 0.595. The molecule has 0 aromatic carbocycles. The first-order valence-electron chi connectivity index (χ1n) is 3.48. The number of carbonyl (C=O) groups excluding carboxylic acids is 1. The van der Waals surface area contributed by atoms with E-state index in [-0.39, 0.29) is 13.0 Å². The molecular weight excluding hydrogens is 170 g/mol. The summed E-state index contributed by atoms with van der Waals surface area (Å²) in [5.41, 5.74) is 0. The minimum atomic E-state index is -1.11. The molecule has 0 aliphatic carbocycles. The van der Waals surface area contributed by atoms with Gasteiger partial charge in [0.05, 0.1) is 13.0 Å². The van der Waals surface area contributed by atoms with Crippen molar-refractivity contribution in [1.82, 2.24) is 4.90 Å². The van der Waals surface area contributed by atoms with Crippen molar-refractivity contribution in [2.45, 2.75) is 6.42 Å². The first-order chi connectivity index (χ1) is 6.11. The third-order valence-corrected chi connectivity index (χ3v) is 1.21. The number of aliphatic carboxylic acids is 1. The van der Waals surface area contributed by atoms with Gasteiger partial charge in [0.15, 0.2) is 0 Å². The Hall–Kier alpha value is -1.94. The lowest BCUT2D eigenvalue weighted by Crippen LogP contribution is -2.35. The van der Waals surface area contributed by atoms with Gasteiger partial charge in [0.2, 0.25) is 5.91 Å². The largest absolute Gasteiger partial charge is 0.480 e. The van der Waals surface area contributed by atoms with Crippen molar-refractivity contribution in [3.8, 4) is 24.7 Å². The average Bonchev–Trinajstić information content (AvgIpc) is 2.03. The first kappa shape index (κ1) is 11.1. The minimum Gasteiger partial charge on any atom is -0.480 e. The maximum absolute atomic E-state index is 11.1. The van der Waals surface area contributed by atoms with Gasteiger partial charge in [0.25, 0.3) is 0 Å². The number of terminal acetylenes is 2. The Morgan fingerprint density at radius 1 is 1.31 bits per heavy atom. The summed E-state index contributed by atoms with van der Waals surface area (Å²) in [4.78, 5) is 22.4. The molecule has 4 nitrogen and oxygen atoms in total. The highest BCUT2D eigenvalue weighted by Crippen LogP contribution is 1.92. The molecule has 0 radical (unpaired) electrons. The molecule has 0 rings (SSSR count). The van der Waals surface area contributed by atoms with Crippen molar-refractivity contribution < 1.29 is 14.7 Å². The van der Waals surface area contributed by atoms with Crippen LogP contribution in [0.15, 0.2) is 0 Å². The second-order valence-electron chi connectivity index (χ2n) is 2.23. The van der Waals surface area contributed by atoms with Crippen molar-refractivity contribution in [2.24, 2.45) is 0 Å². The molecule has 0 spiro atoms. The molecule has 0 aromatic rings. The van der Waals surface area contributed by atoms with Crippen LogP contribution in [0, 0.1) is 24.7 Å². The third kappa shape index (κ3) is 4.49. The summed E-state index contributed by atoms with van der Waals surface area (Å²) in [5.74, 6) is 2.76. The van der Waals surface area contributed by atoms with E-state index in [1.807, 2.05) is 0 Å². The van der Waals surface area contributed by atoms with E-state index in [2.05, 4.69) is 11.8 Å². The van der Waals surface area contributed by atoms with Crippen LogP contribution >= 0.6 is 0 Å². The lowest BCUT2D eigenvalue weighted by Gasteiger charge is -2.15. The van der Waals surface area contributed by atoms with Gasteiger partial charge < -0.3 is 10.0 Å². The van der Waals surface area contributed by atoms with Crippen LogP contribution in [0.3, 0.4) is 0 Å². The molecule has 0 aliphatic rings. The fourth-order valence-electron chi connectivity index (χ4n) is 0.705. The van der Waals surface area contributed by atoms with Crippen LogP contribution in [0.25, 0.3) is 0 Å². The Kier molecular flexibility index (Phi) is 4.83. The van der Waals surface area contributed by atoms with E-state index in [0.29, 0.717) is 0 Å². The highest BCUT2D eigenvalue weighted by Gasteiger charge is 2.13. The van der Waals surface area contributed by atoms with E-state index in [4.69, 9.17) is 18.0 Å². The fraction of sp³-hybridized carbons (Fsp3) is 0.333. The molecule has 0 bridgehead atoms. The van der Waals surface area contributed by atoms with Gasteiger partial charge in [-0.1, -0.05) is 11.8 Å². The number of carbonyl (C=O) groups is 2. The van der Waals surface area contributed by atoms with Crippen LogP contribution in [0.5, 0.6) is 0 Å². The summed E-state index contributed by atoms with van der Waals surface area (Å²) in [6, 6.07) is 0. The van der Waals surface area contributed by atoms with Crippen LogP contribution in [-0.4, -0.2) is 35.0 Å². The molecular formula is C9H9NO3. The van der Waals surface area contributed by atoms with Crippen molar-refractivity contribution >= 4 is 11.9 Å². The van der Waals surface area contributed by atoms with Gasteiger partial charge in [-0.2, -0.15) is 0 Å². The smallest absolute Gasteiger partial charge is 0.323 e. The standard InChI is InChI=1S/C9H9NO3/c1-3-5-8(11)10(6-4-2)7-9(12)13/h1-2H,5-7H2,(H,12,13). The summed E-state index contributed by atoms with van der Waals surface area (Å²) in [6.07, 6.45) is 9.72. The van der Waals surface area contributed by atoms with Crippen LogP contribution in [0.4, 0.5) is 0 Å². The third-order valence-electron chi connectivity index (χ3n) is 1.21. The van der Waals surface area contributed by atoms with Crippen LogP contribution in [0.2, 0.25) is 0 Å². The lowest BCUT2D eigenvalue weighted by atomic mass is 10.3. The average molecular weight is 179 g/mol. The Bertz CT molecular complexity index is 282. The topological polar surface area (TPSA) is 57.6 Å². The zero-order valence-corrected chi connectivity index (χ0v) is 6.99. The number of nitrogens with zero attached hydrogens (tertiary/aromatic N) is 1. The maximum atomic E-state index is 11.1. The first-order valence-corrected chi connectivity index (χ1v) is 3.48. The predicted molar refractivity (Wildman–Crippen MR) is 46.5 cm³/mol. The van der Waals surface area contributed by atoms with Gasteiger partial charge in [-0.05, 0) is 0 Å². The maximum Gasteiger partial charge on any atom is 0.323 e. The molecule has 0 atom stereocenters. The molecule has 4 heteroatoms. The Labute approximate surface area is 76.5 Å². The normalized spacial score (nSPS) is 8.15.